The summed E-state index contributed by atoms with van der Waals surface area (Å²) >= 11 is 0. The number of sulfonamides is 1. The van der Waals surface area contributed by atoms with E-state index in [1.165, 1.54) is 36.2 Å². The monoisotopic (exact) mass is 901 g/mol. The number of carbonyl (C=O) groups is 4. The van der Waals surface area contributed by atoms with E-state index in [4.69, 9.17) is 19.2 Å². The summed E-state index contributed by atoms with van der Waals surface area (Å²) in [5.41, 5.74) is -0.778. The summed E-state index contributed by atoms with van der Waals surface area (Å²) in [5, 5.41) is 14.4. The number of aromatic nitrogens is 1. The van der Waals surface area contributed by atoms with Crippen molar-refractivity contribution < 1.29 is 51.3 Å². The molecule has 2 aliphatic heterocycles. The molecule has 6 aliphatic rings. The highest BCUT2D eigenvalue weighted by atomic mass is 32.2. The van der Waals surface area contributed by atoms with Crippen LogP contribution in [-0.2, 0) is 24.4 Å². The number of pyridine rings is 1. The second-order valence-electron chi connectivity index (χ2n) is 19.0. The summed E-state index contributed by atoms with van der Waals surface area (Å²) in [5.74, 6) is -1.83. The van der Waals surface area contributed by atoms with Gasteiger partial charge in [0.2, 0.25) is 27.7 Å². The van der Waals surface area contributed by atoms with Gasteiger partial charge in [0.05, 0.1) is 31.7 Å². The van der Waals surface area contributed by atoms with Crippen LogP contribution in [0.25, 0.3) is 22.0 Å². The number of ether oxygens (including phenoxy) is 3. The quantitative estimate of drug-likeness (QED) is 0.201. The van der Waals surface area contributed by atoms with E-state index >= 15 is 9.18 Å². The molecule has 0 radical (unpaired) electrons. The van der Waals surface area contributed by atoms with Crippen molar-refractivity contribution in [2.75, 3.05) is 20.8 Å². The highest BCUT2D eigenvalue weighted by molar-refractivity contribution is 7.91. The molecule has 17 heteroatoms. The number of carboxylic acid groups (broad SMARTS) is 1. The third-order valence-electron chi connectivity index (χ3n) is 14.4. The molecule has 1 aromatic heterocycles. The van der Waals surface area contributed by atoms with Gasteiger partial charge < -0.3 is 29.5 Å². The number of rotatable bonds is 10. The van der Waals surface area contributed by atoms with Gasteiger partial charge in [-0.25, -0.2) is 22.6 Å². The van der Waals surface area contributed by atoms with Gasteiger partial charge in [0.1, 0.15) is 29.5 Å². The number of halogens is 1. The zero-order chi connectivity index (χ0) is 45.2. The van der Waals surface area contributed by atoms with Crippen LogP contribution in [0.5, 0.6) is 17.4 Å². The SMILES string of the molecule is COc1ccc2c(O[C@@H]3C[C@H]4C(=O)N[C@]5(C(=O)NS(=O)(=O)C6CC6)C[C@H]5/C=C\CC[C@@H](C)C[C@@H](C)[C@H](N(C(=O)O)C5CC6C[C@H]6C5)C(=O)N4C3)nc(-c3ccc(OC)c(F)c3)cc2c1. The number of hydrogen-bond acceptors (Lipinski definition) is 10. The largest absolute Gasteiger partial charge is 0.497 e. The van der Waals surface area contributed by atoms with E-state index in [2.05, 4.69) is 17.0 Å². The smallest absolute Gasteiger partial charge is 0.408 e. The minimum Gasteiger partial charge on any atom is -0.497 e. The Labute approximate surface area is 372 Å². The molecule has 2 unspecified atom stereocenters. The zero-order valence-electron chi connectivity index (χ0n) is 36.5. The molecular weight excluding hydrogens is 846 g/mol. The lowest BCUT2D eigenvalue weighted by Crippen LogP contribution is -2.61. The predicted molar refractivity (Wildman–Crippen MR) is 233 cm³/mol. The average Bonchev–Trinajstić information content (AvgIpc) is 4.22. The molecule has 4 aliphatic carbocycles. The van der Waals surface area contributed by atoms with E-state index in [1.807, 2.05) is 19.1 Å². The first-order valence-electron chi connectivity index (χ1n) is 22.4. The van der Waals surface area contributed by atoms with Crippen molar-refractivity contribution in [3.63, 3.8) is 0 Å². The first-order valence-corrected chi connectivity index (χ1v) is 24.0. The summed E-state index contributed by atoms with van der Waals surface area (Å²) < 4.78 is 60.7. The second kappa shape index (κ2) is 16.8. The van der Waals surface area contributed by atoms with Crippen LogP contribution >= 0.6 is 0 Å². The van der Waals surface area contributed by atoms with Crippen molar-refractivity contribution in [3.05, 3.63) is 60.4 Å². The van der Waals surface area contributed by atoms with Gasteiger partial charge in [0.25, 0.3) is 5.91 Å². The Kier molecular flexibility index (Phi) is 11.5. The van der Waals surface area contributed by atoms with E-state index in [0.717, 1.165) is 12.8 Å². The number of methoxy groups -OCH3 is 2. The molecule has 3 heterocycles. The van der Waals surface area contributed by atoms with E-state index < -0.39 is 80.5 Å². The maximum atomic E-state index is 15.4. The van der Waals surface area contributed by atoms with Crippen LogP contribution in [0.3, 0.4) is 0 Å². The topological polar surface area (TPSA) is 194 Å². The molecule has 9 rings (SSSR count). The van der Waals surface area contributed by atoms with Crippen LogP contribution in [0.2, 0.25) is 0 Å². The van der Waals surface area contributed by atoms with Crippen LogP contribution in [0.4, 0.5) is 9.18 Å². The molecular formula is C47H56FN5O10S. The highest BCUT2D eigenvalue weighted by Crippen LogP contribution is 2.54. The average molecular weight is 902 g/mol. The van der Waals surface area contributed by atoms with Gasteiger partial charge >= 0.3 is 6.09 Å². The number of amides is 4. The van der Waals surface area contributed by atoms with E-state index in [-0.39, 0.29) is 43.0 Å². The lowest BCUT2D eigenvalue weighted by molar-refractivity contribution is -0.145. The Morgan fingerprint density at radius 2 is 1.75 bits per heavy atom. The number of carbonyl (C=O) groups excluding carboxylic acids is 3. The molecule has 3 N–H and O–H groups in total. The Bertz CT molecular complexity index is 2510. The maximum Gasteiger partial charge on any atom is 0.408 e. The summed E-state index contributed by atoms with van der Waals surface area (Å²) in [6, 6.07) is 8.84. The summed E-state index contributed by atoms with van der Waals surface area (Å²) in [4.78, 5) is 65.3. The third-order valence-corrected chi connectivity index (χ3v) is 16.3. The van der Waals surface area contributed by atoms with Gasteiger partial charge in [-0.2, -0.15) is 0 Å². The maximum absolute atomic E-state index is 15.4. The summed E-state index contributed by atoms with van der Waals surface area (Å²) in [6.07, 6.45) is 7.05. The molecule has 15 nitrogen and oxygen atoms in total. The third kappa shape index (κ3) is 8.47. The molecule has 1 saturated heterocycles. The zero-order valence-corrected chi connectivity index (χ0v) is 37.3. The van der Waals surface area contributed by atoms with Crippen LogP contribution in [0, 0.1) is 35.4 Å². The fraction of sp³-hybridized carbons (Fsp3) is 0.553. The second-order valence-corrected chi connectivity index (χ2v) is 21.0. The summed E-state index contributed by atoms with van der Waals surface area (Å²) in [6.45, 7) is 3.86. The normalized spacial score (nSPS) is 31.9. The van der Waals surface area contributed by atoms with Gasteiger partial charge in [-0.3, -0.25) is 24.0 Å². The van der Waals surface area contributed by atoms with Crippen molar-refractivity contribution in [2.45, 2.75) is 113 Å². The Hall–Kier alpha value is -5.45. The van der Waals surface area contributed by atoms with Crippen LogP contribution in [-0.4, -0.2) is 108 Å². The van der Waals surface area contributed by atoms with Crippen molar-refractivity contribution >= 4 is 44.6 Å². The molecule has 0 spiro atoms. The fourth-order valence-corrected chi connectivity index (χ4v) is 12.0. The molecule has 342 valence electrons. The lowest BCUT2D eigenvalue weighted by Gasteiger charge is -2.40. The number of allylic oxidation sites excluding steroid dienone is 1. The van der Waals surface area contributed by atoms with Crippen LogP contribution in [0.1, 0.15) is 78.1 Å². The van der Waals surface area contributed by atoms with E-state index in [9.17, 15) is 27.9 Å². The number of nitrogens with one attached hydrogen (secondary N) is 2. The standard InChI is InChI=1S/C47H56FN5O10S/c1-25-7-5-6-8-31-23-47(31,45(56)51-64(59,60)35-11-12-35)50-42(54)39-22-34(24-52(39)44(55)41(26(2)15-25)53(46(57)58)32-17-28-16-29(28)18-32)63-43-36-13-10-33(61-3)19-30(36)21-38(49-43)27-9-14-40(62-4)37(48)20-27/h6,8-10,13-14,19-21,25-26,28-29,31-32,34-35,39,41H,5,7,11-12,15-18,22-24H2,1-4H3,(H,50,54)(H,51,56)(H,57,58)/b8-6-/t25-,26-,28+,29?,31-,32?,34-,39+,41+,47-/m1/s1. The van der Waals surface area contributed by atoms with Gasteiger partial charge in [-0.05, 0) is 129 Å². The molecule has 3 aromatic rings. The fourth-order valence-electron chi connectivity index (χ4n) is 10.6. The lowest BCUT2D eigenvalue weighted by atomic mass is 9.86. The molecule has 10 atom stereocenters. The Morgan fingerprint density at radius 3 is 2.44 bits per heavy atom. The van der Waals surface area contributed by atoms with Crippen LogP contribution in [0.15, 0.2) is 54.6 Å². The number of nitrogens with zero attached hydrogens (tertiary/aromatic N) is 3. The van der Waals surface area contributed by atoms with Crippen LogP contribution < -0.4 is 24.2 Å². The highest BCUT2D eigenvalue weighted by Gasteiger charge is 2.62. The number of fused-ring (bicyclic) bond motifs is 4. The van der Waals surface area contributed by atoms with Gasteiger partial charge in [-0.1, -0.05) is 26.0 Å². The van der Waals surface area contributed by atoms with E-state index in [0.29, 0.717) is 78.1 Å². The van der Waals surface area contributed by atoms with Crippen molar-refractivity contribution in [2.24, 2.45) is 29.6 Å². The molecule has 2 aromatic carbocycles. The molecule has 64 heavy (non-hydrogen) atoms. The molecule has 0 bridgehead atoms. The van der Waals surface area contributed by atoms with Gasteiger partial charge in [-0.15, -0.1) is 0 Å². The summed E-state index contributed by atoms with van der Waals surface area (Å²) in [7, 11) is -1.05. The first-order chi connectivity index (χ1) is 30.6. The number of benzene rings is 2. The van der Waals surface area contributed by atoms with Gasteiger partial charge in [0, 0.05) is 29.3 Å². The van der Waals surface area contributed by atoms with E-state index in [1.54, 1.807) is 30.3 Å². The van der Waals surface area contributed by atoms with Crippen molar-refractivity contribution in [3.8, 4) is 28.6 Å². The van der Waals surface area contributed by atoms with Crippen molar-refractivity contribution in [1.82, 2.24) is 24.8 Å². The molecule has 4 saturated carbocycles. The Morgan fingerprint density at radius 1 is 0.984 bits per heavy atom. The van der Waals surface area contributed by atoms with Gasteiger partial charge in [0.15, 0.2) is 11.6 Å². The molecule has 4 amide bonds. The minimum absolute atomic E-state index is 0.0605. The van der Waals surface area contributed by atoms with Crippen molar-refractivity contribution in [1.29, 1.82) is 0 Å². The Balaban J connectivity index is 1.10. The minimum atomic E-state index is -3.96. The molecule has 5 fully saturated rings. The first kappa shape index (κ1) is 43.8. The predicted octanol–water partition coefficient (Wildman–Crippen LogP) is 6.05. The number of hydrogen-bond donors (Lipinski definition) is 3.